The lowest BCUT2D eigenvalue weighted by Gasteiger charge is -2.13. The molecule has 0 aliphatic rings. The Hall–Kier alpha value is -2.23. The second-order valence-corrected chi connectivity index (χ2v) is 4.69. The molecule has 2 aromatic rings. The van der Waals surface area contributed by atoms with Crippen molar-refractivity contribution >= 4 is 5.97 Å². The van der Waals surface area contributed by atoms with Gasteiger partial charge in [0.25, 0.3) is 0 Å². The van der Waals surface area contributed by atoms with E-state index in [1.165, 1.54) is 0 Å². The molecule has 2 rings (SSSR count). The van der Waals surface area contributed by atoms with Crippen LogP contribution < -0.4 is 4.74 Å². The van der Waals surface area contributed by atoms with E-state index in [-0.39, 0.29) is 0 Å². The molecule has 0 saturated carbocycles. The summed E-state index contributed by atoms with van der Waals surface area (Å²) in [5.74, 6) is -0.146. The minimum atomic E-state index is -0.895. The maximum Gasteiger partial charge on any atom is 0.337 e. The average molecular weight is 273 g/mol. The van der Waals surface area contributed by atoms with Gasteiger partial charge < -0.3 is 14.4 Å². The van der Waals surface area contributed by atoms with E-state index in [0.717, 1.165) is 35.7 Å². The van der Waals surface area contributed by atoms with Crippen LogP contribution in [0.25, 0.3) is 11.3 Å². The van der Waals surface area contributed by atoms with Gasteiger partial charge in [0.05, 0.1) is 18.4 Å². The summed E-state index contributed by atoms with van der Waals surface area (Å²) in [7, 11) is 1.62. The first-order valence-electron chi connectivity index (χ1n) is 6.67. The number of aromatic nitrogens is 1. The van der Waals surface area contributed by atoms with E-state index in [0.29, 0.717) is 5.56 Å². The summed E-state index contributed by atoms with van der Waals surface area (Å²) in [6, 6.07) is 9.39. The highest BCUT2D eigenvalue weighted by atomic mass is 16.5. The molecule has 0 saturated heterocycles. The average Bonchev–Trinajstić information content (AvgIpc) is 2.77. The lowest BCUT2D eigenvalue weighted by atomic mass is 10.1. The van der Waals surface area contributed by atoms with E-state index in [4.69, 9.17) is 4.74 Å². The number of rotatable bonds is 5. The molecule has 0 atom stereocenters. The summed E-state index contributed by atoms with van der Waals surface area (Å²) in [6.07, 6.45) is 0.941. The number of nitrogens with zero attached hydrogens (tertiary/aromatic N) is 1. The predicted molar refractivity (Wildman–Crippen MR) is 78.4 cm³/mol. The maximum absolute atomic E-state index is 11.3. The van der Waals surface area contributed by atoms with Crippen molar-refractivity contribution in [2.24, 2.45) is 0 Å². The number of para-hydroxylation sites is 1. The quantitative estimate of drug-likeness (QED) is 0.905. The third-order valence-corrected chi connectivity index (χ3v) is 3.43. The molecule has 106 valence electrons. The Morgan fingerprint density at radius 3 is 2.65 bits per heavy atom. The monoisotopic (exact) mass is 273 g/mol. The van der Waals surface area contributed by atoms with Gasteiger partial charge in [-0.1, -0.05) is 19.1 Å². The highest BCUT2D eigenvalue weighted by molar-refractivity contribution is 5.91. The highest BCUT2D eigenvalue weighted by Gasteiger charge is 2.19. The fraction of sp³-hybridized carbons (Fsp3) is 0.312. The molecule has 1 heterocycles. The second-order valence-electron chi connectivity index (χ2n) is 4.69. The van der Waals surface area contributed by atoms with Crippen LogP contribution in [0.2, 0.25) is 0 Å². The zero-order valence-electron chi connectivity index (χ0n) is 12.0. The summed E-state index contributed by atoms with van der Waals surface area (Å²) in [4.78, 5) is 11.3. The van der Waals surface area contributed by atoms with Crippen LogP contribution >= 0.6 is 0 Å². The van der Waals surface area contributed by atoms with Gasteiger partial charge in [-0.3, -0.25) is 0 Å². The van der Waals surface area contributed by atoms with Crippen LogP contribution in [0.15, 0.2) is 30.3 Å². The molecule has 0 spiro atoms. The molecular weight excluding hydrogens is 254 g/mol. The molecule has 0 unspecified atom stereocenters. The number of carboxylic acids is 1. The molecule has 1 aromatic carbocycles. The van der Waals surface area contributed by atoms with E-state index in [1.54, 1.807) is 13.2 Å². The molecule has 0 amide bonds. The standard InChI is InChI=1S/C16H19NO3/c1-4-9-17-11(2)13(16(18)19)10-14(17)12-7-5-6-8-15(12)20-3/h5-8,10H,4,9H2,1-3H3,(H,18,19). The van der Waals surface area contributed by atoms with Crippen molar-refractivity contribution in [3.8, 4) is 17.0 Å². The Bertz CT molecular complexity index is 629. The predicted octanol–water partition coefficient (Wildman–Crippen LogP) is 3.58. The number of methoxy groups -OCH3 is 1. The fourth-order valence-corrected chi connectivity index (χ4v) is 2.45. The summed E-state index contributed by atoms with van der Waals surface area (Å²) >= 11 is 0. The van der Waals surface area contributed by atoms with Gasteiger partial charge in [-0.05, 0) is 31.5 Å². The van der Waals surface area contributed by atoms with Crippen molar-refractivity contribution in [3.63, 3.8) is 0 Å². The van der Waals surface area contributed by atoms with Crippen LogP contribution in [0.4, 0.5) is 0 Å². The van der Waals surface area contributed by atoms with Gasteiger partial charge in [0.1, 0.15) is 5.75 Å². The van der Waals surface area contributed by atoms with E-state index in [1.807, 2.05) is 35.8 Å². The van der Waals surface area contributed by atoms with Crippen molar-refractivity contribution in [2.45, 2.75) is 26.8 Å². The molecule has 4 heteroatoms. The minimum Gasteiger partial charge on any atom is -0.496 e. The van der Waals surface area contributed by atoms with E-state index >= 15 is 0 Å². The summed E-state index contributed by atoms with van der Waals surface area (Å²) in [6.45, 7) is 4.70. The molecule has 0 bridgehead atoms. The van der Waals surface area contributed by atoms with Crippen LogP contribution in [0.3, 0.4) is 0 Å². The van der Waals surface area contributed by atoms with Crippen molar-refractivity contribution in [3.05, 3.63) is 41.6 Å². The van der Waals surface area contributed by atoms with Gasteiger partial charge in [-0.2, -0.15) is 0 Å². The molecule has 20 heavy (non-hydrogen) atoms. The van der Waals surface area contributed by atoms with Crippen molar-refractivity contribution in [1.29, 1.82) is 0 Å². The van der Waals surface area contributed by atoms with Gasteiger partial charge in [-0.25, -0.2) is 4.79 Å². The zero-order chi connectivity index (χ0) is 14.7. The first-order chi connectivity index (χ1) is 9.60. The van der Waals surface area contributed by atoms with Crippen LogP contribution in [-0.2, 0) is 6.54 Å². The molecule has 4 nitrogen and oxygen atoms in total. The number of ether oxygens (including phenoxy) is 1. The number of hydrogen-bond donors (Lipinski definition) is 1. The Morgan fingerprint density at radius 2 is 2.05 bits per heavy atom. The Morgan fingerprint density at radius 1 is 1.35 bits per heavy atom. The molecular formula is C16H19NO3. The Balaban J connectivity index is 2.66. The lowest BCUT2D eigenvalue weighted by molar-refractivity contribution is 0.0696. The number of carbonyl (C=O) groups is 1. The molecule has 1 aromatic heterocycles. The van der Waals surface area contributed by atoms with Crippen LogP contribution in [-0.4, -0.2) is 22.8 Å². The molecule has 0 aliphatic carbocycles. The molecule has 1 N–H and O–H groups in total. The van der Waals surface area contributed by atoms with Crippen molar-refractivity contribution in [1.82, 2.24) is 4.57 Å². The maximum atomic E-state index is 11.3. The van der Waals surface area contributed by atoms with Crippen LogP contribution in [0.5, 0.6) is 5.75 Å². The van der Waals surface area contributed by atoms with Gasteiger partial charge in [-0.15, -0.1) is 0 Å². The smallest absolute Gasteiger partial charge is 0.337 e. The van der Waals surface area contributed by atoms with Gasteiger partial charge in [0.15, 0.2) is 0 Å². The second kappa shape index (κ2) is 5.82. The summed E-state index contributed by atoms with van der Waals surface area (Å²) in [5.41, 5.74) is 2.93. The third kappa shape index (κ3) is 2.41. The number of carboxylic acid groups (broad SMARTS) is 1. The topological polar surface area (TPSA) is 51.5 Å². The molecule has 0 radical (unpaired) electrons. The number of hydrogen-bond acceptors (Lipinski definition) is 2. The SMILES string of the molecule is CCCn1c(-c2ccccc2OC)cc(C(=O)O)c1C. The Kier molecular flexibility index (Phi) is 4.13. The lowest BCUT2D eigenvalue weighted by Crippen LogP contribution is -2.04. The first-order valence-corrected chi connectivity index (χ1v) is 6.67. The van der Waals surface area contributed by atoms with Crippen LogP contribution in [0, 0.1) is 6.92 Å². The normalized spacial score (nSPS) is 10.6. The fourth-order valence-electron chi connectivity index (χ4n) is 2.45. The largest absolute Gasteiger partial charge is 0.496 e. The Labute approximate surface area is 118 Å². The van der Waals surface area contributed by atoms with E-state index in [9.17, 15) is 9.90 Å². The zero-order valence-corrected chi connectivity index (χ0v) is 12.0. The first kappa shape index (κ1) is 14.2. The van der Waals surface area contributed by atoms with Gasteiger partial charge in [0, 0.05) is 17.8 Å². The van der Waals surface area contributed by atoms with E-state index in [2.05, 4.69) is 6.92 Å². The summed E-state index contributed by atoms with van der Waals surface area (Å²) < 4.78 is 7.42. The van der Waals surface area contributed by atoms with Gasteiger partial charge >= 0.3 is 5.97 Å². The molecule has 0 aliphatic heterocycles. The number of benzene rings is 1. The van der Waals surface area contributed by atoms with Gasteiger partial charge in [0.2, 0.25) is 0 Å². The third-order valence-electron chi connectivity index (χ3n) is 3.43. The highest BCUT2D eigenvalue weighted by Crippen LogP contribution is 2.33. The summed E-state index contributed by atoms with van der Waals surface area (Å²) in [5, 5.41) is 9.30. The van der Waals surface area contributed by atoms with Crippen molar-refractivity contribution < 1.29 is 14.6 Å². The number of aromatic carboxylic acids is 1. The minimum absolute atomic E-state index is 0.347. The van der Waals surface area contributed by atoms with Crippen LogP contribution in [0.1, 0.15) is 29.4 Å². The van der Waals surface area contributed by atoms with E-state index < -0.39 is 5.97 Å². The molecule has 0 fully saturated rings. The van der Waals surface area contributed by atoms with Crippen molar-refractivity contribution in [2.75, 3.05) is 7.11 Å².